The summed E-state index contributed by atoms with van der Waals surface area (Å²) in [6.07, 6.45) is 3.04. The first-order valence-corrected chi connectivity index (χ1v) is 6.21. The third-order valence-corrected chi connectivity index (χ3v) is 3.27. The minimum absolute atomic E-state index is 0.158. The first kappa shape index (κ1) is 14.2. The van der Waals surface area contributed by atoms with E-state index in [0.29, 0.717) is 17.5 Å². The Morgan fingerprint density at radius 3 is 2.88 bits per heavy atom. The highest BCUT2D eigenvalue weighted by molar-refractivity contribution is 5.63. The van der Waals surface area contributed by atoms with Crippen molar-refractivity contribution in [3.63, 3.8) is 0 Å². The van der Waals surface area contributed by atoms with Gasteiger partial charge in [-0.15, -0.1) is 0 Å². The monoisotopic (exact) mass is 245 g/mol. The average Bonchev–Trinajstić information content (AvgIpc) is 2.68. The predicted octanol–water partition coefficient (Wildman–Crippen LogP) is 0.820. The van der Waals surface area contributed by atoms with Crippen LogP contribution in [0.3, 0.4) is 0 Å². The van der Waals surface area contributed by atoms with Crippen LogP contribution in [0.5, 0.6) is 0 Å². The van der Waals surface area contributed by atoms with E-state index in [-0.39, 0.29) is 6.54 Å². The van der Waals surface area contributed by atoms with Crippen LogP contribution in [0, 0.1) is 0 Å². The summed E-state index contributed by atoms with van der Waals surface area (Å²) < 4.78 is 0. The molecular weight excluding hydrogens is 222 g/mol. The summed E-state index contributed by atoms with van der Waals surface area (Å²) in [4.78, 5) is 12.7. The summed E-state index contributed by atoms with van der Waals surface area (Å²) in [5, 5.41) is 20.9. The Balaban J connectivity index is 1.92. The molecule has 1 rings (SSSR count). The van der Waals surface area contributed by atoms with Crippen molar-refractivity contribution in [1.82, 2.24) is 15.3 Å². The van der Waals surface area contributed by atoms with Gasteiger partial charge in [-0.2, -0.15) is 5.06 Å². The molecule has 6 nitrogen and oxygen atoms in total. The van der Waals surface area contributed by atoms with Crippen LogP contribution in [0.15, 0.2) is 0 Å². The minimum Gasteiger partial charge on any atom is -0.463 e. The fourth-order valence-electron chi connectivity index (χ4n) is 2.19. The molecule has 1 aliphatic heterocycles. The zero-order chi connectivity index (χ0) is 12.7. The lowest BCUT2D eigenvalue weighted by atomic mass is 10.1. The standard InChI is InChI=1S/C11H23N3O3/c1-13-8-2-4-10(13)5-7-12-6-3-9-14(17)11(15)16/h10,12,17H,2-9H2,1H3,(H,15,16). The molecule has 6 heteroatoms. The van der Waals surface area contributed by atoms with Crippen molar-refractivity contribution < 1.29 is 15.1 Å². The number of likely N-dealkylation sites (tertiary alicyclic amines) is 1. The first-order valence-electron chi connectivity index (χ1n) is 6.21. The molecule has 0 radical (unpaired) electrons. The van der Waals surface area contributed by atoms with Gasteiger partial charge in [0.15, 0.2) is 0 Å². The molecule has 1 unspecified atom stereocenters. The lowest BCUT2D eigenvalue weighted by molar-refractivity contribution is -0.0640. The molecule has 1 saturated heterocycles. The topological polar surface area (TPSA) is 76.0 Å². The molecular formula is C11H23N3O3. The van der Waals surface area contributed by atoms with Gasteiger partial charge in [0.1, 0.15) is 0 Å². The third-order valence-electron chi connectivity index (χ3n) is 3.27. The van der Waals surface area contributed by atoms with Gasteiger partial charge in [-0.25, -0.2) is 4.79 Å². The molecule has 1 atom stereocenters. The van der Waals surface area contributed by atoms with Gasteiger partial charge in [0.2, 0.25) is 0 Å². The largest absolute Gasteiger partial charge is 0.463 e. The minimum atomic E-state index is -1.29. The van der Waals surface area contributed by atoms with Gasteiger partial charge in [-0.1, -0.05) is 0 Å². The smallest absolute Gasteiger partial charge is 0.431 e. The molecule has 1 amide bonds. The molecule has 100 valence electrons. The molecule has 0 aromatic carbocycles. The van der Waals surface area contributed by atoms with E-state index in [4.69, 9.17) is 10.3 Å². The predicted molar refractivity (Wildman–Crippen MR) is 64.3 cm³/mol. The fourth-order valence-corrected chi connectivity index (χ4v) is 2.19. The van der Waals surface area contributed by atoms with Gasteiger partial charge in [-0.05, 0) is 52.4 Å². The van der Waals surface area contributed by atoms with Crippen LogP contribution in [-0.4, -0.2) is 65.6 Å². The van der Waals surface area contributed by atoms with Gasteiger partial charge in [0.05, 0.1) is 6.54 Å². The van der Waals surface area contributed by atoms with E-state index in [1.165, 1.54) is 19.4 Å². The van der Waals surface area contributed by atoms with Crippen molar-refractivity contribution in [1.29, 1.82) is 0 Å². The highest BCUT2D eigenvalue weighted by Crippen LogP contribution is 2.16. The molecule has 0 spiro atoms. The second-order valence-electron chi connectivity index (χ2n) is 4.57. The SMILES string of the molecule is CN1CCCC1CCNCCCN(O)C(=O)O. The normalized spacial score (nSPS) is 20.7. The van der Waals surface area contributed by atoms with Gasteiger partial charge in [0, 0.05) is 6.04 Å². The lowest BCUT2D eigenvalue weighted by Gasteiger charge is -2.19. The Labute approximate surface area is 102 Å². The van der Waals surface area contributed by atoms with Crippen LogP contribution in [0.4, 0.5) is 4.79 Å². The number of hydrogen-bond donors (Lipinski definition) is 3. The Morgan fingerprint density at radius 2 is 2.29 bits per heavy atom. The van der Waals surface area contributed by atoms with E-state index >= 15 is 0 Å². The van der Waals surface area contributed by atoms with Crippen molar-refractivity contribution >= 4 is 6.09 Å². The highest BCUT2D eigenvalue weighted by Gasteiger charge is 2.19. The molecule has 1 aliphatic rings. The molecule has 0 bridgehead atoms. The molecule has 1 fully saturated rings. The van der Waals surface area contributed by atoms with Gasteiger partial charge in [0.25, 0.3) is 0 Å². The van der Waals surface area contributed by atoms with E-state index in [2.05, 4.69) is 17.3 Å². The van der Waals surface area contributed by atoms with Crippen LogP contribution in [0.1, 0.15) is 25.7 Å². The van der Waals surface area contributed by atoms with Crippen LogP contribution in [0.25, 0.3) is 0 Å². The summed E-state index contributed by atoms with van der Waals surface area (Å²) >= 11 is 0. The fraction of sp³-hybridized carbons (Fsp3) is 0.909. The van der Waals surface area contributed by atoms with Crippen molar-refractivity contribution in [2.75, 3.05) is 33.2 Å². The lowest BCUT2D eigenvalue weighted by Crippen LogP contribution is -2.31. The molecule has 17 heavy (non-hydrogen) atoms. The van der Waals surface area contributed by atoms with E-state index < -0.39 is 6.09 Å². The molecule has 0 aromatic rings. The number of hydrogen-bond acceptors (Lipinski definition) is 4. The molecule has 0 saturated carbocycles. The Bertz CT molecular complexity index is 238. The Morgan fingerprint density at radius 1 is 1.53 bits per heavy atom. The number of carboxylic acid groups (broad SMARTS) is 1. The zero-order valence-corrected chi connectivity index (χ0v) is 10.4. The average molecular weight is 245 g/mol. The second kappa shape index (κ2) is 7.47. The van der Waals surface area contributed by atoms with E-state index in [1.54, 1.807) is 0 Å². The zero-order valence-electron chi connectivity index (χ0n) is 10.4. The highest BCUT2D eigenvalue weighted by atomic mass is 16.6. The van der Waals surface area contributed by atoms with Crippen LogP contribution < -0.4 is 5.32 Å². The maximum atomic E-state index is 10.3. The van der Waals surface area contributed by atoms with Gasteiger partial charge >= 0.3 is 6.09 Å². The second-order valence-corrected chi connectivity index (χ2v) is 4.57. The van der Waals surface area contributed by atoms with Crippen molar-refractivity contribution in [2.24, 2.45) is 0 Å². The number of rotatable bonds is 7. The number of nitrogens with zero attached hydrogens (tertiary/aromatic N) is 2. The van der Waals surface area contributed by atoms with Gasteiger partial charge in [-0.3, -0.25) is 5.21 Å². The van der Waals surface area contributed by atoms with Crippen LogP contribution >= 0.6 is 0 Å². The number of amides is 1. The molecule has 0 aliphatic carbocycles. The van der Waals surface area contributed by atoms with Gasteiger partial charge < -0.3 is 15.3 Å². The quantitative estimate of drug-likeness (QED) is 0.352. The summed E-state index contributed by atoms with van der Waals surface area (Å²) in [7, 11) is 2.16. The summed E-state index contributed by atoms with van der Waals surface area (Å²) in [5.74, 6) is 0. The summed E-state index contributed by atoms with van der Waals surface area (Å²) in [6.45, 7) is 3.04. The van der Waals surface area contributed by atoms with E-state index in [0.717, 1.165) is 19.5 Å². The number of carbonyl (C=O) groups is 1. The van der Waals surface area contributed by atoms with Crippen molar-refractivity contribution in [3.8, 4) is 0 Å². The first-order chi connectivity index (χ1) is 8.11. The van der Waals surface area contributed by atoms with Crippen LogP contribution in [0.2, 0.25) is 0 Å². The van der Waals surface area contributed by atoms with Crippen molar-refractivity contribution in [2.45, 2.75) is 31.7 Å². The number of hydroxylamine groups is 2. The summed E-state index contributed by atoms with van der Waals surface area (Å²) in [5.41, 5.74) is 0. The molecule has 0 aromatic heterocycles. The molecule has 3 N–H and O–H groups in total. The van der Waals surface area contributed by atoms with E-state index in [9.17, 15) is 4.79 Å². The third kappa shape index (κ3) is 5.34. The van der Waals surface area contributed by atoms with E-state index in [1.807, 2.05) is 0 Å². The molecule has 1 heterocycles. The number of nitrogens with one attached hydrogen (secondary N) is 1. The maximum Gasteiger partial charge on any atom is 0.431 e. The Hall–Kier alpha value is -0.850. The Kier molecular flexibility index (Phi) is 6.25. The van der Waals surface area contributed by atoms with Crippen molar-refractivity contribution in [3.05, 3.63) is 0 Å². The van der Waals surface area contributed by atoms with Crippen LogP contribution in [-0.2, 0) is 0 Å². The summed E-state index contributed by atoms with van der Waals surface area (Å²) in [6, 6.07) is 0.691. The maximum absolute atomic E-state index is 10.3.